The minimum Gasteiger partial charge on any atom is -0.403 e. The summed E-state index contributed by atoms with van der Waals surface area (Å²) in [6.07, 6.45) is -0.697. The number of aromatic nitrogens is 4. The molecule has 9 nitrogen and oxygen atoms in total. The molecule has 38 heavy (non-hydrogen) atoms. The van der Waals surface area contributed by atoms with Crippen molar-refractivity contribution in [3.05, 3.63) is 59.5 Å². The summed E-state index contributed by atoms with van der Waals surface area (Å²) < 4.78 is 46.3. The van der Waals surface area contributed by atoms with Gasteiger partial charge in [0.05, 0.1) is 22.0 Å². The van der Waals surface area contributed by atoms with Gasteiger partial charge in [-0.3, -0.25) is 14.6 Å². The van der Waals surface area contributed by atoms with Crippen LogP contribution in [0.5, 0.6) is 5.75 Å². The highest BCUT2D eigenvalue weighted by molar-refractivity contribution is 7.19. The van der Waals surface area contributed by atoms with Gasteiger partial charge >= 0.3 is 6.36 Å². The molecular formula is C25H21F3N6O3S. The summed E-state index contributed by atoms with van der Waals surface area (Å²) in [4.78, 5) is 34.8. The number of pyridine rings is 1. The van der Waals surface area contributed by atoms with E-state index in [-0.39, 0.29) is 17.2 Å². The number of rotatable bonds is 5. The topological polar surface area (TPSA) is 102 Å². The van der Waals surface area contributed by atoms with Gasteiger partial charge in [-0.1, -0.05) is 11.3 Å². The molecule has 1 N–H and O–H groups in total. The van der Waals surface area contributed by atoms with Gasteiger partial charge in [-0.05, 0) is 43.2 Å². The monoisotopic (exact) mass is 542 g/mol. The Morgan fingerprint density at radius 2 is 1.97 bits per heavy atom. The summed E-state index contributed by atoms with van der Waals surface area (Å²) in [6, 6.07) is 7.43. The molecule has 3 heterocycles. The van der Waals surface area contributed by atoms with Crippen LogP contribution in [-0.4, -0.2) is 56.9 Å². The zero-order valence-electron chi connectivity index (χ0n) is 20.5. The number of benzene rings is 1. The standard InChI is InChI=1S/C25H21F3N6O3S/c1-13(35)30-24-31-17-8-7-16-20(15-5-4-10-29-12-15)32-34(21(16)22(17)38-24)18-9-6-14(23(36)33(2)3)11-19(18)37-25(26,27)28/h4-6,9-12H,7-8H2,1-3H3,(H,30,31,35). The van der Waals surface area contributed by atoms with E-state index < -0.39 is 18.0 Å². The lowest BCUT2D eigenvalue weighted by Crippen LogP contribution is -2.23. The third-order valence-corrected chi connectivity index (χ3v) is 6.81. The van der Waals surface area contributed by atoms with Crippen LogP contribution in [0.4, 0.5) is 18.3 Å². The Kier molecular flexibility index (Phi) is 6.39. The number of anilines is 1. The highest BCUT2D eigenvalue weighted by atomic mass is 32.1. The number of fused-ring (bicyclic) bond motifs is 3. The number of alkyl halides is 3. The predicted molar refractivity (Wildman–Crippen MR) is 134 cm³/mol. The van der Waals surface area contributed by atoms with Crippen molar-refractivity contribution in [3.63, 3.8) is 0 Å². The first kappa shape index (κ1) is 25.4. The van der Waals surface area contributed by atoms with Crippen LogP contribution in [0.3, 0.4) is 0 Å². The second-order valence-electron chi connectivity index (χ2n) is 8.74. The summed E-state index contributed by atoms with van der Waals surface area (Å²) >= 11 is 1.21. The molecule has 0 unspecified atom stereocenters. The zero-order valence-corrected chi connectivity index (χ0v) is 21.3. The van der Waals surface area contributed by atoms with Gasteiger partial charge in [-0.15, -0.1) is 13.2 Å². The van der Waals surface area contributed by atoms with Crippen LogP contribution in [0.25, 0.3) is 27.5 Å². The Hall–Kier alpha value is -4.26. The van der Waals surface area contributed by atoms with Crippen molar-refractivity contribution in [2.24, 2.45) is 0 Å². The molecule has 196 valence electrons. The maximum atomic E-state index is 13.5. The Bertz CT molecular complexity index is 1550. The van der Waals surface area contributed by atoms with E-state index in [1.165, 1.54) is 54.1 Å². The van der Waals surface area contributed by atoms with Crippen LogP contribution in [0.2, 0.25) is 0 Å². The molecule has 2 amide bonds. The molecule has 3 aromatic heterocycles. The third kappa shape index (κ3) is 4.84. The highest BCUT2D eigenvalue weighted by Gasteiger charge is 2.35. The maximum absolute atomic E-state index is 13.5. The Balaban J connectivity index is 1.76. The number of nitrogens with zero attached hydrogens (tertiary/aromatic N) is 5. The number of carbonyl (C=O) groups is 2. The molecule has 4 aromatic rings. The molecule has 0 atom stereocenters. The molecule has 1 aliphatic rings. The number of aryl methyl sites for hydroxylation is 1. The first-order chi connectivity index (χ1) is 18.0. The van der Waals surface area contributed by atoms with Crippen LogP contribution in [0.1, 0.15) is 28.5 Å². The summed E-state index contributed by atoms with van der Waals surface area (Å²) in [5, 5.41) is 7.78. The van der Waals surface area contributed by atoms with E-state index >= 15 is 0 Å². The summed E-state index contributed by atoms with van der Waals surface area (Å²) in [5.41, 5.74) is 3.30. The fourth-order valence-electron chi connectivity index (χ4n) is 4.27. The first-order valence-corrected chi connectivity index (χ1v) is 12.2. The second kappa shape index (κ2) is 9.56. The van der Waals surface area contributed by atoms with Gasteiger partial charge < -0.3 is 15.0 Å². The smallest absolute Gasteiger partial charge is 0.403 e. The molecule has 1 aromatic carbocycles. The molecule has 0 bridgehead atoms. The molecule has 0 saturated heterocycles. The van der Waals surface area contributed by atoms with E-state index in [0.717, 1.165) is 11.6 Å². The number of nitrogens with one attached hydrogen (secondary N) is 1. The second-order valence-corrected chi connectivity index (χ2v) is 9.73. The molecular weight excluding hydrogens is 521 g/mol. The summed E-state index contributed by atoms with van der Waals surface area (Å²) in [7, 11) is 3.01. The number of hydrogen-bond acceptors (Lipinski definition) is 7. The fourth-order valence-corrected chi connectivity index (χ4v) is 5.39. The molecule has 0 aliphatic heterocycles. The molecule has 0 spiro atoms. The molecule has 5 rings (SSSR count). The van der Waals surface area contributed by atoms with Crippen molar-refractivity contribution in [3.8, 4) is 33.3 Å². The molecule has 0 radical (unpaired) electrons. The lowest BCUT2D eigenvalue weighted by molar-refractivity contribution is -0.274. The van der Waals surface area contributed by atoms with Gasteiger partial charge in [0, 0.05) is 50.1 Å². The predicted octanol–water partition coefficient (Wildman–Crippen LogP) is 4.72. The van der Waals surface area contributed by atoms with Crippen molar-refractivity contribution in [1.82, 2.24) is 24.6 Å². The van der Waals surface area contributed by atoms with Gasteiger partial charge in [-0.2, -0.15) is 5.10 Å². The summed E-state index contributed by atoms with van der Waals surface area (Å²) in [5.74, 6) is -1.35. The molecule has 0 fully saturated rings. The number of hydrogen-bond donors (Lipinski definition) is 1. The Morgan fingerprint density at radius 1 is 1.18 bits per heavy atom. The zero-order chi connectivity index (χ0) is 27.2. The van der Waals surface area contributed by atoms with Crippen LogP contribution in [0.15, 0.2) is 42.7 Å². The minimum absolute atomic E-state index is 0.00801. The van der Waals surface area contributed by atoms with E-state index in [1.807, 2.05) is 6.07 Å². The van der Waals surface area contributed by atoms with Crippen molar-refractivity contribution in [2.75, 3.05) is 19.4 Å². The Labute approximate surface area is 218 Å². The first-order valence-electron chi connectivity index (χ1n) is 11.4. The minimum atomic E-state index is -5.01. The quantitative estimate of drug-likeness (QED) is 0.392. The lowest BCUT2D eigenvalue weighted by Gasteiger charge is -2.18. The number of amides is 2. The molecule has 0 saturated carbocycles. The molecule has 1 aliphatic carbocycles. The fraction of sp³-hybridized carbons (Fsp3) is 0.240. The van der Waals surface area contributed by atoms with Gasteiger partial charge in [0.25, 0.3) is 5.91 Å². The average molecular weight is 543 g/mol. The number of thiazole rings is 1. The average Bonchev–Trinajstić information content (AvgIpc) is 3.43. The van der Waals surface area contributed by atoms with Crippen molar-refractivity contribution in [1.29, 1.82) is 0 Å². The van der Waals surface area contributed by atoms with Gasteiger partial charge in [0.15, 0.2) is 10.9 Å². The maximum Gasteiger partial charge on any atom is 0.573 e. The van der Waals surface area contributed by atoms with Crippen molar-refractivity contribution < 1.29 is 27.5 Å². The van der Waals surface area contributed by atoms with E-state index in [2.05, 4.69) is 20.0 Å². The van der Waals surface area contributed by atoms with Crippen LogP contribution in [0, 0.1) is 0 Å². The third-order valence-electron chi connectivity index (χ3n) is 5.79. The van der Waals surface area contributed by atoms with Crippen molar-refractivity contribution >= 4 is 28.3 Å². The normalized spacial score (nSPS) is 12.5. The van der Waals surface area contributed by atoms with Crippen LogP contribution >= 0.6 is 11.3 Å². The van der Waals surface area contributed by atoms with E-state index in [0.29, 0.717) is 45.5 Å². The van der Waals surface area contributed by atoms with Gasteiger partial charge in [0.2, 0.25) is 5.91 Å². The van der Waals surface area contributed by atoms with E-state index in [1.54, 1.807) is 18.5 Å². The summed E-state index contributed by atoms with van der Waals surface area (Å²) in [6.45, 7) is 1.37. The number of halogens is 3. The molecule has 13 heteroatoms. The van der Waals surface area contributed by atoms with Gasteiger partial charge in [0.1, 0.15) is 5.69 Å². The SMILES string of the molecule is CC(=O)Nc1nc2c(s1)-c1c(c(-c3cccnc3)nn1-c1ccc(C(=O)N(C)C)cc1OC(F)(F)F)CC2. The van der Waals surface area contributed by atoms with Gasteiger partial charge in [-0.25, -0.2) is 9.67 Å². The van der Waals surface area contributed by atoms with Crippen LogP contribution < -0.4 is 10.1 Å². The Morgan fingerprint density at radius 3 is 2.63 bits per heavy atom. The number of carbonyl (C=O) groups excluding carboxylic acids is 2. The van der Waals surface area contributed by atoms with E-state index in [4.69, 9.17) is 5.10 Å². The van der Waals surface area contributed by atoms with E-state index in [9.17, 15) is 22.8 Å². The van der Waals surface area contributed by atoms with Crippen molar-refractivity contribution in [2.45, 2.75) is 26.1 Å². The van der Waals surface area contributed by atoms with Crippen LogP contribution in [-0.2, 0) is 17.6 Å². The lowest BCUT2D eigenvalue weighted by atomic mass is 9.95. The largest absolute Gasteiger partial charge is 0.573 e. The highest BCUT2D eigenvalue weighted by Crippen LogP contribution is 2.45. The number of ether oxygens (including phenoxy) is 1.